The van der Waals surface area contributed by atoms with Crippen molar-refractivity contribution in [1.82, 2.24) is 19.9 Å². The van der Waals surface area contributed by atoms with E-state index < -0.39 is 35.6 Å². The number of hydrogen-bond acceptors (Lipinski definition) is 8. The van der Waals surface area contributed by atoms with E-state index in [9.17, 15) is 38.6 Å². The standard InChI is InChI=1S/C34H12F4N8/c35-25-7-17(8-26(36)43-25)15-1-3-21-23(5-15)29(19(11-39)12-40)33-31(21)45-34-30(20(13-41)14-42)24-6-16(2-4-22(24)32(34)46-33)18-9-27(37)44-28(38)10-18/h1-10,19,29H. The van der Waals surface area contributed by atoms with Crippen molar-refractivity contribution in [2.75, 3.05) is 0 Å². The molecule has 0 saturated heterocycles. The van der Waals surface area contributed by atoms with Crippen LogP contribution in [-0.4, -0.2) is 19.9 Å². The zero-order chi connectivity index (χ0) is 32.3. The van der Waals surface area contributed by atoms with Crippen molar-refractivity contribution in [2.24, 2.45) is 5.92 Å². The van der Waals surface area contributed by atoms with Crippen molar-refractivity contribution in [3.05, 3.63) is 113 Å². The van der Waals surface area contributed by atoms with Crippen LogP contribution in [-0.2, 0) is 0 Å². The topological polar surface area (TPSA) is 147 Å². The van der Waals surface area contributed by atoms with Crippen LogP contribution in [0.2, 0.25) is 0 Å². The normalized spacial score (nSPS) is 13.5. The van der Waals surface area contributed by atoms with E-state index in [1.54, 1.807) is 36.4 Å². The summed E-state index contributed by atoms with van der Waals surface area (Å²) >= 11 is 0. The maximum absolute atomic E-state index is 13.9. The van der Waals surface area contributed by atoms with Gasteiger partial charge in [0.15, 0.2) is 0 Å². The van der Waals surface area contributed by atoms with Crippen molar-refractivity contribution in [1.29, 1.82) is 21.0 Å². The highest BCUT2D eigenvalue weighted by Gasteiger charge is 2.41. The molecule has 8 nitrogen and oxygen atoms in total. The summed E-state index contributed by atoms with van der Waals surface area (Å²) < 4.78 is 55.8. The van der Waals surface area contributed by atoms with Gasteiger partial charge in [0.2, 0.25) is 23.8 Å². The molecule has 0 bridgehead atoms. The van der Waals surface area contributed by atoms with Crippen LogP contribution in [0.25, 0.3) is 50.3 Å². The molecular formula is C34H12F4N8. The number of fused-ring (bicyclic) bond motifs is 6. The summed E-state index contributed by atoms with van der Waals surface area (Å²) in [5.74, 6) is -6.22. The zero-order valence-corrected chi connectivity index (χ0v) is 23.0. The van der Waals surface area contributed by atoms with Gasteiger partial charge in [-0.15, -0.1) is 0 Å². The maximum atomic E-state index is 13.9. The largest absolute Gasteiger partial charge is 0.247 e. The average molecular weight is 609 g/mol. The molecule has 7 rings (SSSR count). The Balaban J connectivity index is 1.46. The molecule has 2 aliphatic rings. The first-order valence-corrected chi connectivity index (χ1v) is 13.5. The number of nitriles is 4. The molecule has 0 aliphatic heterocycles. The Kier molecular flexibility index (Phi) is 6.37. The predicted octanol–water partition coefficient (Wildman–Crippen LogP) is 6.76. The monoisotopic (exact) mass is 608 g/mol. The van der Waals surface area contributed by atoms with Gasteiger partial charge >= 0.3 is 0 Å². The van der Waals surface area contributed by atoms with E-state index in [2.05, 4.69) is 9.97 Å². The summed E-state index contributed by atoms with van der Waals surface area (Å²) in [6, 6.07) is 21.6. The average Bonchev–Trinajstić information content (AvgIpc) is 3.52. The molecule has 5 aromatic rings. The van der Waals surface area contributed by atoms with E-state index in [4.69, 9.17) is 9.97 Å². The third-order valence-electron chi connectivity index (χ3n) is 7.92. The maximum Gasteiger partial charge on any atom is 0.216 e. The summed E-state index contributed by atoms with van der Waals surface area (Å²) in [6.45, 7) is 0. The number of rotatable bonds is 3. The van der Waals surface area contributed by atoms with Crippen LogP contribution in [0.4, 0.5) is 17.6 Å². The minimum absolute atomic E-state index is 0.156. The number of pyridine rings is 2. The molecule has 1 unspecified atom stereocenters. The van der Waals surface area contributed by atoms with Gasteiger partial charge in [0.25, 0.3) is 0 Å². The molecular weight excluding hydrogens is 596 g/mol. The Labute approximate surface area is 257 Å². The highest BCUT2D eigenvalue weighted by atomic mass is 19.1. The van der Waals surface area contributed by atoms with Gasteiger partial charge < -0.3 is 0 Å². The van der Waals surface area contributed by atoms with E-state index in [0.717, 1.165) is 24.3 Å². The number of benzene rings is 2. The Morgan fingerprint density at radius 3 is 1.65 bits per heavy atom. The smallest absolute Gasteiger partial charge is 0.216 e. The van der Waals surface area contributed by atoms with Gasteiger partial charge in [0.05, 0.1) is 40.8 Å². The van der Waals surface area contributed by atoms with Crippen LogP contribution in [0.1, 0.15) is 28.4 Å². The van der Waals surface area contributed by atoms with Crippen LogP contribution in [0, 0.1) is 75.0 Å². The second-order valence-electron chi connectivity index (χ2n) is 10.4. The number of nitrogens with zero attached hydrogens (tertiary/aromatic N) is 8. The molecule has 1 atom stereocenters. The Bertz CT molecular complexity index is 2320. The molecule has 2 aromatic carbocycles. The summed E-state index contributed by atoms with van der Waals surface area (Å²) in [6.07, 6.45) is 0. The molecule has 0 spiro atoms. The van der Waals surface area contributed by atoms with Gasteiger partial charge in [0.1, 0.15) is 23.6 Å². The lowest BCUT2D eigenvalue weighted by Gasteiger charge is -2.14. The summed E-state index contributed by atoms with van der Waals surface area (Å²) in [5.41, 5.74) is 3.88. The summed E-state index contributed by atoms with van der Waals surface area (Å²) in [5, 5.41) is 39.7. The minimum Gasteiger partial charge on any atom is -0.247 e. The van der Waals surface area contributed by atoms with E-state index in [0.29, 0.717) is 39.1 Å². The van der Waals surface area contributed by atoms with Crippen LogP contribution < -0.4 is 0 Å². The van der Waals surface area contributed by atoms with Gasteiger partial charge in [-0.25, -0.2) is 9.97 Å². The lowest BCUT2D eigenvalue weighted by Crippen LogP contribution is -2.11. The van der Waals surface area contributed by atoms with E-state index in [-0.39, 0.29) is 39.4 Å². The molecule has 0 saturated carbocycles. The fourth-order valence-corrected chi connectivity index (χ4v) is 6.02. The van der Waals surface area contributed by atoms with Gasteiger partial charge in [-0.3, -0.25) is 0 Å². The minimum atomic E-state index is -1.22. The summed E-state index contributed by atoms with van der Waals surface area (Å²) in [7, 11) is 0. The van der Waals surface area contributed by atoms with Crippen LogP contribution >= 0.6 is 0 Å². The summed E-state index contributed by atoms with van der Waals surface area (Å²) in [4.78, 5) is 16.0. The fraction of sp³-hybridized carbons (Fsp3) is 0.0588. The Morgan fingerprint density at radius 2 is 1.11 bits per heavy atom. The molecule has 46 heavy (non-hydrogen) atoms. The van der Waals surface area contributed by atoms with Crippen molar-refractivity contribution in [3.8, 4) is 69.0 Å². The fourth-order valence-electron chi connectivity index (χ4n) is 6.02. The van der Waals surface area contributed by atoms with Crippen molar-refractivity contribution in [2.45, 2.75) is 5.92 Å². The number of hydrogen-bond donors (Lipinski definition) is 0. The second-order valence-corrected chi connectivity index (χ2v) is 10.4. The van der Waals surface area contributed by atoms with Gasteiger partial charge in [-0.1, -0.05) is 24.3 Å². The number of allylic oxidation sites excluding steroid dienone is 1. The quantitative estimate of drug-likeness (QED) is 0.122. The Morgan fingerprint density at radius 1 is 0.565 bits per heavy atom. The lowest BCUT2D eigenvalue weighted by atomic mass is 9.87. The number of aromatic nitrogens is 4. The van der Waals surface area contributed by atoms with Crippen LogP contribution in [0.5, 0.6) is 0 Å². The molecule has 216 valence electrons. The van der Waals surface area contributed by atoms with E-state index in [1.807, 2.05) is 24.3 Å². The molecule has 0 fully saturated rings. The van der Waals surface area contributed by atoms with Crippen molar-refractivity contribution >= 4 is 5.57 Å². The Hall–Kier alpha value is -6.76. The SMILES string of the molecule is N#CC(C#N)=C1c2cc(-c3cc(F)nc(F)c3)ccc2-c2nc3c(nc21)-c1ccc(-c2cc(F)nc(F)c2)cc1C3C(C#N)C#N. The molecule has 2 aliphatic carbocycles. The van der Waals surface area contributed by atoms with E-state index >= 15 is 0 Å². The van der Waals surface area contributed by atoms with Crippen LogP contribution in [0.3, 0.4) is 0 Å². The first-order chi connectivity index (χ1) is 22.2. The molecule has 12 heteroatoms. The first kappa shape index (κ1) is 28.0. The van der Waals surface area contributed by atoms with Crippen molar-refractivity contribution < 1.29 is 17.6 Å². The third-order valence-corrected chi connectivity index (χ3v) is 7.92. The van der Waals surface area contributed by atoms with Crippen molar-refractivity contribution in [3.63, 3.8) is 0 Å². The number of halogens is 4. The first-order valence-electron chi connectivity index (χ1n) is 13.5. The molecule has 3 aromatic heterocycles. The third kappa shape index (κ3) is 4.25. The highest BCUT2D eigenvalue weighted by Crippen LogP contribution is 2.52. The van der Waals surface area contributed by atoms with Gasteiger partial charge in [-0.2, -0.15) is 48.6 Å². The molecule has 0 amide bonds. The molecule has 3 heterocycles. The predicted molar refractivity (Wildman–Crippen MR) is 153 cm³/mol. The van der Waals surface area contributed by atoms with Crippen LogP contribution in [0.15, 0.2) is 66.2 Å². The van der Waals surface area contributed by atoms with Gasteiger partial charge in [0, 0.05) is 41.0 Å². The molecule has 0 radical (unpaired) electrons. The molecule has 0 N–H and O–H groups in total. The van der Waals surface area contributed by atoms with Gasteiger partial charge in [-0.05, 0) is 45.5 Å². The van der Waals surface area contributed by atoms with E-state index in [1.165, 1.54) is 0 Å². The second kappa shape index (κ2) is 10.4. The highest BCUT2D eigenvalue weighted by molar-refractivity contribution is 6.03. The lowest BCUT2D eigenvalue weighted by molar-refractivity contribution is 0.512. The zero-order valence-electron chi connectivity index (χ0n) is 23.0.